The van der Waals surface area contributed by atoms with E-state index in [9.17, 15) is 0 Å². The van der Waals surface area contributed by atoms with Crippen LogP contribution >= 0.6 is 12.2 Å². The summed E-state index contributed by atoms with van der Waals surface area (Å²) in [5.41, 5.74) is 2.26. The van der Waals surface area contributed by atoms with Gasteiger partial charge in [-0.05, 0) is 32.5 Å². The van der Waals surface area contributed by atoms with E-state index in [1.807, 2.05) is 0 Å². The quantitative estimate of drug-likeness (QED) is 0.391. The summed E-state index contributed by atoms with van der Waals surface area (Å²) in [6, 6.07) is 0. The molecule has 0 aromatic heterocycles. The maximum absolute atomic E-state index is 5.54. The lowest BCUT2D eigenvalue weighted by Gasteiger charge is -2.15. The lowest BCUT2D eigenvalue weighted by Crippen LogP contribution is -2.32. The van der Waals surface area contributed by atoms with Gasteiger partial charge < -0.3 is 9.47 Å². The Morgan fingerprint density at radius 2 is 2.46 bits per heavy atom. The van der Waals surface area contributed by atoms with Crippen molar-refractivity contribution in [3.05, 3.63) is 0 Å². The normalized spacial score (nSPS) is 25.6. The first-order valence-electron chi connectivity index (χ1n) is 4.31. The van der Waals surface area contributed by atoms with Crippen molar-refractivity contribution in [3.8, 4) is 0 Å². The number of hydrogen-bond donors (Lipinski definition) is 2. The summed E-state index contributed by atoms with van der Waals surface area (Å²) in [5, 5.41) is 0.240. The van der Waals surface area contributed by atoms with Crippen LogP contribution in [0.1, 0.15) is 20.3 Å². The molecule has 1 heterocycles. The SMILES string of the molecule is CC1(C)CC(COC(=S)NN)CO1. The monoisotopic (exact) mass is 204 g/mol. The van der Waals surface area contributed by atoms with E-state index in [1.54, 1.807) is 0 Å². The van der Waals surface area contributed by atoms with Crippen LogP contribution in [0.2, 0.25) is 0 Å². The number of hydrogen-bond acceptors (Lipinski definition) is 4. The molecular formula is C8H16N2O2S. The Morgan fingerprint density at radius 3 is 2.92 bits per heavy atom. The Bertz CT molecular complexity index is 197. The Balaban J connectivity index is 2.21. The number of nitrogens with two attached hydrogens (primary N) is 1. The van der Waals surface area contributed by atoms with Crippen molar-refractivity contribution >= 4 is 17.4 Å². The van der Waals surface area contributed by atoms with Crippen LogP contribution in [-0.4, -0.2) is 24.0 Å². The first-order valence-corrected chi connectivity index (χ1v) is 4.71. The predicted octanol–water partition coefficient (Wildman–Crippen LogP) is 0.566. The van der Waals surface area contributed by atoms with Gasteiger partial charge in [-0.15, -0.1) is 0 Å². The third kappa shape index (κ3) is 3.46. The molecule has 1 fully saturated rings. The van der Waals surface area contributed by atoms with Crippen LogP contribution in [0.5, 0.6) is 0 Å². The molecule has 0 amide bonds. The molecule has 0 radical (unpaired) electrons. The summed E-state index contributed by atoms with van der Waals surface area (Å²) in [6.45, 7) is 5.46. The third-order valence-corrected chi connectivity index (χ3v) is 2.29. The molecule has 1 atom stereocenters. The summed E-state index contributed by atoms with van der Waals surface area (Å²) in [7, 11) is 0. The second-order valence-electron chi connectivity index (χ2n) is 3.88. The van der Waals surface area contributed by atoms with E-state index in [4.69, 9.17) is 27.5 Å². The van der Waals surface area contributed by atoms with Crippen LogP contribution in [0.3, 0.4) is 0 Å². The topological polar surface area (TPSA) is 56.5 Å². The lowest BCUT2D eigenvalue weighted by atomic mass is 9.99. The minimum absolute atomic E-state index is 0.0220. The standard InChI is InChI=1S/C8H16N2O2S/c1-8(2)3-6(5-12-8)4-11-7(13)10-9/h6H,3-5,9H2,1-2H3,(H,10,13). The second kappa shape index (κ2) is 4.21. The summed E-state index contributed by atoms with van der Waals surface area (Å²) >= 11 is 4.75. The van der Waals surface area contributed by atoms with Crippen LogP contribution in [0.15, 0.2) is 0 Å². The minimum Gasteiger partial charge on any atom is -0.470 e. The van der Waals surface area contributed by atoms with Gasteiger partial charge in [-0.2, -0.15) is 0 Å². The van der Waals surface area contributed by atoms with Gasteiger partial charge in [0.05, 0.1) is 18.8 Å². The summed E-state index contributed by atoms with van der Waals surface area (Å²) in [4.78, 5) is 0. The molecule has 0 aromatic carbocycles. The highest BCUT2D eigenvalue weighted by atomic mass is 32.1. The molecule has 0 spiro atoms. The van der Waals surface area contributed by atoms with Crippen LogP contribution in [0.25, 0.3) is 0 Å². The van der Waals surface area contributed by atoms with E-state index in [0.29, 0.717) is 12.5 Å². The number of hydrazine groups is 1. The fourth-order valence-electron chi connectivity index (χ4n) is 1.50. The van der Waals surface area contributed by atoms with Gasteiger partial charge in [-0.3, -0.25) is 5.43 Å². The Labute approximate surface area is 83.7 Å². The van der Waals surface area contributed by atoms with Crippen molar-refractivity contribution in [2.75, 3.05) is 13.2 Å². The third-order valence-electron chi connectivity index (χ3n) is 2.06. The molecule has 0 aliphatic carbocycles. The molecule has 3 N–H and O–H groups in total. The van der Waals surface area contributed by atoms with Gasteiger partial charge in [0.15, 0.2) is 0 Å². The first-order chi connectivity index (χ1) is 6.03. The van der Waals surface area contributed by atoms with Crippen LogP contribution in [0, 0.1) is 5.92 Å². The molecule has 76 valence electrons. The van der Waals surface area contributed by atoms with Gasteiger partial charge in [-0.1, -0.05) is 0 Å². The molecule has 13 heavy (non-hydrogen) atoms. The van der Waals surface area contributed by atoms with Gasteiger partial charge in [0.25, 0.3) is 5.17 Å². The van der Waals surface area contributed by atoms with Crippen molar-refractivity contribution in [1.29, 1.82) is 0 Å². The van der Waals surface area contributed by atoms with E-state index < -0.39 is 0 Å². The van der Waals surface area contributed by atoms with Gasteiger partial charge in [-0.25, -0.2) is 5.84 Å². The van der Waals surface area contributed by atoms with Crippen molar-refractivity contribution < 1.29 is 9.47 Å². The molecule has 1 unspecified atom stereocenters. The van der Waals surface area contributed by atoms with Crippen molar-refractivity contribution in [3.63, 3.8) is 0 Å². The molecule has 0 saturated carbocycles. The molecule has 5 heteroatoms. The second-order valence-corrected chi connectivity index (χ2v) is 4.25. The zero-order chi connectivity index (χ0) is 9.90. The smallest absolute Gasteiger partial charge is 0.271 e. The van der Waals surface area contributed by atoms with E-state index in [1.165, 1.54) is 0 Å². The van der Waals surface area contributed by atoms with Gasteiger partial charge in [0.1, 0.15) is 0 Å². The van der Waals surface area contributed by atoms with E-state index in [0.717, 1.165) is 13.0 Å². The molecule has 1 saturated heterocycles. The van der Waals surface area contributed by atoms with Gasteiger partial charge in [0.2, 0.25) is 0 Å². The molecule has 0 bridgehead atoms. The average Bonchev–Trinajstić information content (AvgIpc) is 2.41. The van der Waals surface area contributed by atoms with E-state index in [2.05, 4.69) is 19.3 Å². The van der Waals surface area contributed by atoms with E-state index in [-0.39, 0.29) is 10.8 Å². The first kappa shape index (κ1) is 10.7. The number of thiocarbonyl (C=S) groups is 1. The molecule has 0 aromatic rings. The van der Waals surface area contributed by atoms with E-state index >= 15 is 0 Å². The number of ether oxygens (including phenoxy) is 2. The van der Waals surface area contributed by atoms with Crippen molar-refractivity contribution in [1.82, 2.24) is 5.43 Å². The van der Waals surface area contributed by atoms with Gasteiger partial charge >= 0.3 is 0 Å². The summed E-state index contributed by atoms with van der Waals surface area (Å²) in [6.07, 6.45) is 1.00. The minimum atomic E-state index is -0.0220. The fraction of sp³-hybridized carbons (Fsp3) is 0.875. The Morgan fingerprint density at radius 1 is 1.77 bits per heavy atom. The van der Waals surface area contributed by atoms with Crippen LogP contribution in [-0.2, 0) is 9.47 Å². The molecule has 1 aliphatic rings. The maximum Gasteiger partial charge on any atom is 0.271 e. The van der Waals surface area contributed by atoms with Crippen molar-refractivity contribution in [2.45, 2.75) is 25.9 Å². The largest absolute Gasteiger partial charge is 0.470 e. The lowest BCUT2D eigenvalue weighted by molar-refractivity contribution is 0.0339. The molecule has 1 aliphatic heterocycles. The fourth-order valence-corrected chi connectivity index (χ4v) is 1.57. The predicted molar refractivity (Wildman–Crippen MR) is 54.0 cm³/mol. The van der Waals surface area contributed by atoms with Crippen molar-refractivity contribution in [2.24, 2.45) is 11.8 Å². The zero-order valence-corrected chi connectivity index (χ0v) is 8.82. The molecular weight excluding hydrogens is 188 g/mol. The van der Waals surface area contributed by atoms with Crippen LogP contribution < -0.4 is 11.3 Å². The zero-order valence-electron chi connectivity index (χ0n) is 8.00. The average molecular weight is 204 g/mol. The highest BCUT2D eigenvalue weighted by Gasteiger charge is 2.32. The Kier molecular flexibility index (Phi) is 3.47. The van der Waals surface area contributed by atoms with Crippen LogP contribution in [0.4, 0.5) is 0 Å². The summed E-state index contributed by atoms with van der Waals surface area (Å²) in [5.74, 6) is 5.48. The summed E-state index contributed by atoms with van der Waals surface area (Å²) < 4.78 is 10.7. The number of rotatable bonds is 2. The maximum atomic E-state index is 5.54. The number of nitrogens with one attached hydrogen (secondary N) is 1. The van der Waals surface area contributed by atoms with Gasteiger partial charge in [0, 0.05) is 5.92 Å². The molecule has 1 rings (SSSR count). The molecule has 4 nitrogen and oxygen atoms in total. The Hall–Kier alpha value is -0.390. The highest BCUT2D eigenvalue weighted by molar-refractivity contribution is 7.80. The highest BCUT2D eigenvalue weighted by Crippen LogP contribution is 2.28.